The van der Waals surface area contributed by atoms with Gasteiger partial charge in [-0.05, 0) is 61.1 Å². The van der Waals surface area contributed by atoms with Gasteiger partial charge >= 0.3 is 0 Å². The fourth-order valence-electron chi connectivity index (χ4n) is 4.13. The Bertz CT molecular complexity index is 913. The van der Waals surface area contributed by atoms with Crippen molar-refractivity contribution in [2.45, 2.75) is 38.9 Å². The van der Waals surface area contributed by atoms with Gasteiger partial charge in [-0.2, -0.15) is 0 Å². The van der Waals surface area contributed by atoms with E-state index in [4.69, 9.17) is 4.74 Å². The lowest BCUT2D eigenvalue weighted by Crippen LogP contribution is -2.26. The number of phenolic OH excluding ortho intramolecular Hbond substituents is 1. The Balaban J connectivity index is 2.16. The SMILES string of the molecule is C=C(C)[C@@H]1C[C@H](O)C(C)=C[C@H]1c1c(O)cc(-c2ccccc2OC)cc1CO. The van der Waals surface area contributed by atoms with E-state index in [9.17, 15) is 15.3 Å². The van der Waals surface area contributed by atoms with Crippen LogP contribution >= 0.6 is 0 Å². The first-order valence-electron chi connectivity index (χ1n) is 9.49. The summed E-state index contributed by atoms with van der Waals surface area (Å²) in [5, 5.41) is 31.3. The van der Waals surface area contributed by atoms with Gasteiger partial charge in [0.2, 0.25) is 0 Å². The van der Waals surface area contributed by atoms with Crippen LogP contribution in [0.2, 0.25) is 0 Å². The summed E-state index contributed by atoms with van der Waals surface area (Å²) in [5.74, 6) is 0.681. The van der Waals surface area contributed by atoms with Crippen molar-refractivity contribution in [1.82, 2.24) is 0 Å². The molecule has 0 amide bonds. The Kier molecular flexibility index (Phi) is 5.92. The predicted octanol–water partition coefficient (Wildman–Crippen LogP) is 4.55. The molecule has 0 bridgehead atoms. The van der Waals surface area contributed by atoms with Crippen LogP contribution in [-0.2, 0) is 6.61 Å². The number of ether oxygens (including phenoxy) is 1. The summed E-state index contributed by atoms with van der Waals surface area (Å²) < 4.78 is 5.44. The number of benzene rings is 2. The van der Waals surface area contributed by atoms with Crippen molar-refractivity contribution in [3.8, 4) is 22.6 Å². The van der Waals surface area contributed by atoms with Crippen LogP contribution < -0.4 is 4.74 Å². The fraction of sp³-hybridized carbons (Fsp3) is 0.333. The molecule has 0 unspecified atom stereocenters. The minimum Gasteiger partial charge on any atom is -0.508 e. The van der Waals surface area contributed by atoms with Crippen molar-refractivity contribution in [3.63, 3.8) is 0 Å². The van der Waals surface area contributed by atoms with Gasteiger partial charge in [0.15, 0.2) is 0 Å². The maximum Gasteiger partial charge on any atom is 0.126 e. The molecule has 28 heavy (non-hydrogen) atoms. The second-order valence-corrected chi connectivity index (χ2v) is 7.57. The molecule has 0 radical (unpaired) electrons. The number of allylic oxidation sites excluding steroid dienone is 2. The van der Waals surface area contributed by atoms with Crippen molar-refractivity contribution < 1.29 is 20.1 Å². The van der Waals surface area contributed by atoms with Crippen LogP contribution in [0.1, 0.15) is 37.3 Å². The zero-order valence-electron chi connectivity index (χ0n) is 16.6. The van der Waals surface area contributed by atoms with E-state index in [0.29, 0.717) is 23.3 Å². The van der Waals surface area contributed by atoms with Crippen LogP contribution in [-0.4, -0.2) is 28.5 Å². The first-order chi connectivity index (χ1) is 13.4. The molecule has 148 valence electrons. The average molecular weight is 380 g/mol. The van der Waals surface area contributed by atoms with Crippen molar-refractivity contribution in [2.75, 3.05) is 7.11 Å². The Labute approximate surface area is 166 Å². The third-order valence-corrected chi connectivity index (χ3v) is 5.68. The number of aliphatic hydroxyl groups excluding tert-OH is 2. The Morgan fingerprint density at radius 3 is 2.61 bits per heavy atom. The lowest BCUT2D eigenvalue weighted by atomic mass is 9.72. The second-order valence-electron chi connectivity index (χ2n) is 7.57. The van der Waals surface area contributed by atoms with E-state index in [1.54, 1.807) is 13.2 Å². The maximum absolute atomic E-state index is 11.0. The van der Waals surface area contributed by atoms with Crippen LogP contribution in [0, 0.1) is 5.92 Å². The molecule has 0 heterocycles. The van der Waals surface area contributed by atoms with Gasteiger partial charge in [-0.1, -0.05) is 36.4 Å². The highest BCUT2D eigenvalue weighted by Crippen LogP contribution is 2.46. The summed E-state index contributed by atoms with van der Waals surface area (Å²) >= 11 is 0. The molecule has 0 saturated heterocycles. The normalized spacial score (nSPS) is 21.9. The average Bonchev–Trinajstić information content (AvgIpc) is 2.69. The highest BCUT2D eigenvalue weighted by Gasteiger charge is 2.33. The smallest absolute Gasteiger partial charge is 0.126 e. The summed E-state index contributed by atoms with van der Waals surface area (Å²) in [4.78, 5) is 0. The van der Waals surface area contributed by atoms with Crippen LogP contribution in [0.25, 0.3) is 11.1 Å². The molecule has 3 N–H and O–H groups in total. The van der Waals surface area contributed by atoms with Gasteiger partial charge in [0.25, 0.3) is 0 Å². The fourth-order valence-corrected chi connectivity index (χ4v) is 4.13. The first kappa shape index (κ1) is 20.2. The van der Waals surface area contributed by atoms with E-state index in [0.717, 1.165) is 22.3 Å². The third kappa shape index (κ3) is 3.71. The standard InChI is InChI=1S/C24H28O4/c1-14(2)19-12-21(26)15(3)9-20(19)24-17(13-25)10-16(11-22(24)27)18-7-5-6-8-23(18)28-4/h5-11,19-21,25-27H,1,12-13H2,2-4H3/t19-,20+,21-/m0/s1. The minimum absolute atomic E-state index is 0.00740. The van der Waals surface area contributed by atoms with Gasteiger partial charge in [-0.3, -0.25) is 0 Å². The molecule has 3 rings (SSSR count). The number of phenols is 1. The molecule has 0 aliphatic heterocycles. The molecule has 1 aliphatic rings. The molecular weight excluding hydrogens is 352 g/mol. The van der Waals surface area contributed by atoms with Crippen LogP contribution in [0.3, 0.4) is 0 Å². The number of methoxy groups -OCH3 is 1. The van der Waals surface area contributed by atoms with Gasteiger partial charge in [0.1, 0.15) is 11.5 Å². The van der Waals surface area contributed by atoms with Crippen LogP contribution in [0.4, 0.5) is 0 Å². The Morgan fingerprint density at radius 2 is 1.96 bits per heavy atom. The van der Waals surface area contributed by atoms with Gasteiger partial charge in [-0.25, -0.2) is 0 Å². The van der Waals surface area contributed by atoms with E-state index >= 15 is 0 Å². The molecule has 2 aromatic rings. The number of para-hydroxylation sites is 1. The quantitative estimate of drug-likeness (QED) is 0.666. The van der Waals surface area contributed by atoms with Crippen molar-refractivity contribution >= 4 is 0 Å². The molecule has 4 heteroatoms. The lowest BCUT2D eigenvalue weighted by molar-refractivity contribution is 0.168. The monoisotopic (exact) mass is 380 g/mol. The van der Waals surface area contributed by atoms with Crippen LogP contribution in [0.5, 0.6) is 11.5 Å². The summed E-state index contributed by atoms with van der Waals surface area (Å²) in [6, 6.07) is 11.2. The maximum atomic E-state index is 11.0. The van der Waals surface area contributed by atoms with Crippen molar-refractivity contribution in [2.24, 2.45) is 5.92 Å². The summed E-state index contributed by atoms with van der Waals surface area (Å²) in [7, 11) is 1.61. The van der Waals surface area contributed by atoms with Gasteiger partial charge in [0.05, 0.1) is 19.8 Å². The second kappa shape index (κ2) is 8.21. The van der Waals surface area contributed by atoms with E-state index in [1.807, 2.05) is 50.3 Å². The molecule has 2 aromatic carbocycles. The Hall–Kier alpha value is -2.56. The zero-order chi connectivity index (χ0) is 20.4. The predicted molar refractivity (Wildman–Crippen MR) is 111 cm³/mol. The van der Waals surface area contributed by atoms with E-state index in [2.05, 4.69) is 6.58 Å². The summed E-state index contributed by atoms with van der Waals surface area (Å²) in [6.07, 6.45) is 2.04. The molecule has 0 fully saturated rings. The molecule has 1 aliphatic carbocycles. The van der Waals surface area contributed by atoms with Crippen LogP contribution in [0.15, 0.2) is 60.2 Å². The van der Waals surface area contributed by atoms with Crippen molar-refractivity contribution in [3.05, 3.63) is 71.3 Å². The zero-order valence-corrected chi connectivity index (χ0v) is 16.6. The molecule has 0 aromatic heterocycles. The lowest BCUT2D eigenvalue weighted by Gasteiger charge is -2.34. The third-order valence-electron chi connectivity index (χ3n) is 5.68. The molecule has 0 saturated carbocycles. The van der Waals surface area contributed by atoms with Gasteiger partial charge in [-0.15, -0.1) is 0 Å². The van der Waals surface area contributed by atoms with E-state index in [-0.39, 0.29) is 24.2 Å². The topological polar surface area (TPSA) is 69.9 Å². The van der Waals surface area contributed by atoms with E-state index < -0.39 is 6.10 Å². The molecule has 3 atom stereocenters. The number of aliphatic hydroxyl groups is 2. The summed E-state index contributed by atoms with van der Waals surface area (Å²) in [6.45, 7) is 7.73. The van der Waals surface area contributed by atoms with E-state index in [1.165, 1.54) is 0 Å². The number of hydrogen-bond acceptors (Lipinski definition) is 4. The largest absolute Gasteiger partial charge is 0.508 e. The summed E-state index contributed by atoms with van der Waals surface area (Å²) in [5.41, 5.74) is 4.82. The van der Waals surface area contributed by atoms with Crippen molar-refractivity contribution in [1.29, 1.82) is 0 Å². The Morgan fingerprint density at radius 1 is 1.25 bits per heavy atom. The van der Waals surface area contributed by atoms with Gasteiger partial charge in [0, 0.05) is 17.0 Å². The number of hydrogen-bond donors (Lipinski definition) is 3. The minimum atomic E-state index is -0.509. The molecule has 4 nitrogen and oxygen atoms in total. The highest BCUT2D eigenvalue weighted by molar-refractivity contribution is 5.73. The molecule has 0 spiro atoms. The first-order valence-corrected chi connectivity index (χ1v) is 9.49. The number of aromatic hydroxyl groups is 1. The highest BCUT2D eigenvalue weighted by atomic mass is 16.5. The van der Waals surface area contributed by atoms with Gasteiger partial charge < -0.3 is 20.1 Å². The molecular formula is C24H28O4. The number of rotatable bonds is 5.